The molecule has 1 unspecified atom stereocenters. The molecule has 0 radical (unpaired) electrons. The normalized spacial score (nSPS) is 11.3. The van der Waals surface area contributed by atoms with E-state index < -0.39 is 40.6 Å². The predicted octanol–water partition coefficient (Wildman–Crippen LogP) is 6.49. The van der Waals surface area contributed by atoms with E-state index in [9.17, 15) is 31.5 Å². The second-order valence-electron chi connectivity index (χ2n) is 8.67. The largest absolute Gasteiger partial charge is 0.494 e. The van der Waals surface area contributed by atoms with E-state index in [4.69, 9.17) is 37.8 Å². The molecule has 0 aliphatic heterocycles. The number of hydrogen-bond donors (Lipinski definition) is 4. The van der Waals surface area contributed by atoms with E-state index in [-0.39, 0.29) is 4.90 Å². The minimum atomic E-state index is -5.08. The van der Waals surface area contributed by atoms with Gasteiger partial charge in [-0.2, -0.15) is 17.9 Å². The van der Waals surface area contributed by atoms with Gasteiger partial charge in [0.1, 0.15) is 11.6 Å². The number of anilines is 1. The van der Waals surface area contributed by atoms with Crippen molar-refractivity contribution in [3.8, 4) is 17.6 Å². The molecule has 0 saturated heterocycles. The molecule has 250 valence electrons. The number of nitrogens with zero attached hydrogens (tertiary/aromatic N) is 1. The Bertz CT molecular complexity index is 1560. The van der Waals surface area contributed by atoms with Gasteiger partial charge in [-0.1, -0.05) is 61.0 Å². The summed E-state index contributed by atoms with van der Waals surface area (Å²) in [5.41, 5.74) is 0.428. The number of benzene rings is 2. The number of unbranched alkanes of at least 4 members (excludes halogenated alkanes) is 1. The van der Waals surface area contributed by atoms with Gasteiger partial charge in [0.05, 0.1) is 24.0 Å². The van der Waals surface area contributed by atoms with Crippen molar-refractivity contribution in [2.75, 3.05) is 18.5 Å². The molecule has 0 saturated carbocycles. The second kappa shape index (κ2) is 20.2. The van der Waals surface area contributed by atoms with Gasteiger partial charge in [-0.25, -0.2) is 18.2 Å². The lowest BCUT2D eigenvalue weighted by Gasteiger charge is -2.13. The molecule has 0 fully saturated rings. The molecule has 2 aromatic carbocycles. The van der Waals surface area contributed by atoms with Crippen LogP contribution in [0.2, 0.25) is 10.0 Å². The fourth-order valence-corrected chi connectivity index (χ4v) is 4.89. The molecule has 3 rings (SSSR count). The molecule has 16 heteroatoms. The summed E-state index contributed by atoms with van der Waals surface area (Å²) in [4.78, 5) is 24.3. The van der Waals surface area contributed by atoms with Gasteiger partial charge in [0.25, 0.3) is 0 Å². The number of aromatic nitrogens is 1. The smallest absolute Gasteiger partial charge is 0.490 e. The number of hydrogen-bond acceptors (Lipinski definition) is 7. The van der Waals surface area contributed by atoms with Crippen molar-refractivity contribution < 1.29 is 46.1 Å². The minimum absolute atomic E-state index is 0.0650. The number of carbonyl (C=O) groups is 2. The highest BCUT2D eigenvalue weighted by Crippen LogP contribution is 2.20. The standard InChI is InChI=1S/C26H25Cl2N3O5S.C2HF3O2.C2H6/c27-20-14-19(15-21(28)16-20)9-10-22(17-26(32)33)31-37(34,35)24-7-5-6-23(18-24)36-13-4-3-12-30-25-8-1-2-11-29-25;3-2(4,5)1(6)7;1-2/h1-2,5-8,11,14-16,18,22,31H,3-4,12-13,17H2,(H,29,30)(H,32,33);(H,6,7);1-2H3. The van der Waals surface area contributed by atoms with Crippen LogP contribution in [-0.2, 0) is 19.6 Å². The third-order valence-electron chi connectivity index (χ3n) is 5.10. The van der Waals surface area contributed by atoms with Gasteiger partial charge in [-0.3, -0.25) is 4.79 Å². The number of pyridine rings is 1. The lowest BCUT2D eigenvalue weighted by Crippen LogP contribution is -2.35. The first-order valence-corrected chi connectivity index (χ1v) is 15.8. The molecule has 0 bridgehead atoms. The number of rotatable bonds is 12. The number of halogens is 5. The molecule has 1 aromatic heterocycles. The molecule has 4 N–H and O–H groups in total. The van der Waals surface area contributed by atoms with Crippen LogP contribution in [0.15, 0.2) is 71.8 Å². The summed E-state index contributed by atoms with van der Waals surface area (Å²) < 4.78 is 65.7. The second-order valence-corrected chi connectivity index (χ2v) is 11.3. The summed E-state index contributed by atoms with van der Waals surface area (Å²) in [6.07, 6.45) is -2.32. The third kappa shape index (κ3) is 16.3. The zero-order chi connectivity index (χ0) is 34.8. The maximum Gasteiger partial charge on any atom is 0.490 e. The van der Waals surface area contributed by atoms with Crippen LogP contribution in [0.5, 0.6) is 5.75 Å². The molecule has 0 aliphatic rings. The highest BCUT2D eigenvalue weighted by atomic mass is 35.5. The average molecular weight is 707 g/mol. The molecule has 0 amide bonds. The van der Waals surface area contributed by atoms with Crippen LogP contribution < -0.4 is 14.8 Å². The molecule has 1 heterocycles. The van der Waals surface area contributed by atoms with Crippen LogP contribution >= 0.6 is 23.2 Å². The number of alkyl halides is 3. The van der Waals surface area contributed by atoms with Gasteiger partial charge >= 0.3 is 18.1 Å². The maximum atomic E-state index is 13.0. The van der Waals surface area contributed by atoms with E-state index in [2.05, 4.69) is 26.9 Å². The molecule has 0 spiro atoms. The zero-order valence-electron chi connectivity index (χ0n) is 24.6. The monoisotopic (exact) mass is 705 g/mol. The van der Waals surface area contributed by atoms with Gasteiger partial charge < -0.3 is 20.3 Å². The Kier molecular flexibility index (Phi) is 17.5. The maximum absolute atomic E-state index is 13.0. The van der Waals surface area contributed by atoms with Crippen molar-refractivity contribution in [2.24, 2.45) is 0 Å². The van der Waals surface area contributed by atoms with Crippen molar-refractivity contribution in [3.63, 3.8) is 0 Å². The van der Waals surface area contributed by atoms with Gasteiger partial charge in [-0.05, 0) is 55.3 Å². The van der Waals surface area contributed by atoms with E-state index in [1.807, 2.05) is 32.0 Å². The number of nitrogens with one attached hydrogen (secondary N) is 2. The van der Waals surface area contributed by atoms with Crippen molar-refractivity contribution in [1.29, 1.82) is 0 Å². The number of ether oxygens (including phenoxy) is 1. The van der Waals surface area contributed by atoms with E-state index >= 15 is 0 Å². The Labute approximate surface area is 275 Å². The molecular formula is C30H32Cl2F3N3O7S. The third-order valence-corrected chi connectivity index (χ3v) is 7.00. The van der Waals surface area contributed by atoms with Crippen molar-refractivity contribution in [2.45, 2.75) is 50.2 Å². The zero-order valence-corrected chi connectivity index (χ0v) is 27.0. The van der Waals surface area contributed by atoms with Crippen LogP contribution in [0.25, 0.3) is 0 Å². The number of sulfonamides is 1. The van der Waals surface area contributed by atoms with Crippen LogP contribution in [0, 0.1) is 11.8 Å². The quantitative estimate of drug-likeness (QED) is 0.122. The number of carboxylic acid groups (broad SMARTS) is 2. The summed E-state index contributed by atoms with van der Waals surface area (Å²) in [7, 11) is -4.08. The first-order chi connectivity index (χ1) is 21.7. The number of aliphatic carboxylic acids is 2. The highest BCUT2D eigenvalue weighted by molar-refractivity contribution is 7.89. The van der Waals surface area contributed by atoms with Gasteiger partial charge in [0.2, 0.25) is 10.0 Å². The van der Waals surface area contributed by atoms with Crippen molar-refractivity contribution >= 4 is 51.0 Å². The Morgan fingerprint density at radius 3 is 2.22 bits per heavy atom. The van der Waals surface area contributed by atoms with Gasteiger partial charge in [-0.15, -0.1) is 0 Å². The first-order valence-electron chi connectivity index (χ1n) is 13.6. The lowest BCUT2D eigenvalue weighted by atomic mass is 10.2. The van der Waals surface area contributed by atoms with Crippen LogP contribution in [0.1, 0.15) is 38.7 Å². The molecule has 0 aliphatic carbocycles. The summed E-state index contributed by atoms with van der Waals surface area (Å²) in [5, 5.41) is 20.3. The molecule has 46 heavy (non-hydrogen) atoms. The fourth-order valence-electron chi connectivity index (χ4n) is 3.18. The lowest BCUT2D eigenvalue weighted by molar-refractivity contribution is -0.192. The summed E-state index contributed by atoms with van der Waals surface area (Å²) in [6.45, 7) is 5.13. The SMILES string of the molecule is CC.O=C(O)C(F)(F)F.O=C(O)CC(C#Cc1cc(Cl)cc(Cl)c1)NS(=O)(=O)c1cccc(OCCCCNc2ccccn2)c1. The van der Waals surface area contributed by atoms with Gasteiger partial charge in [0, 0.05) is 34.4 Å². The molecule has 3 aromatic rings. The van der Waals surface area contributed by atoms with Crippen LogP contribution in [0.4, 0.5) is 19.0 Å². The number of carboxylic acids is 2. The van der Waals surface area contributed by atoms with E-state index in [1.54, 1.807) is 30.5 Å². The van der Waals surface area contributed by atoms with E-state index in [0.717, 1.165) is 25.2 Å². The average Bonchev–Trinajstić information content (AvgIpc) is 2.98. The summed E-state index contributed by atoms with van der Waals surface area (Å²) in [6, 6.07) is 15.1. The van der Waals surface area contributed by atoms with Crippen LogP contribution in [0.3, 0.4) is 0 Å². The van der Waals surface area contributed by atoms with Crippen LogP contribution in [-0.4, -0.2) is 60.9 Å². The summed E-state index contributed by atoms with van der Waals surface area (Å²) in [5.74, 6) is 2.60. The summed E-state index contributed by atoms with van der Waals surface area (Å²) >= 11 is 11.9. The molecule has 10 nitrogen and oxygen atoms in total. The molecule has 1 atom stereocenters. The van der Waals surface area contributed by atoms with Crippen molar-refractivity contribution in [3.05, 3.63) is 82.5 Å². The van der Waals surface area contributed by atoms with E-state index in [0.29, 0.717) is 28.0 Å². The van der Waals surface area contributed by atoms with Crippen molar-refractivity contribution in [1.82, 2.24) is 9.71 Å². The van der Waals surface area contributed by atoms with Gasteiger partial charge in [0.15, 0.2) is 0 Å². The van der Waals surface area contributed by atoms with E-state index in [1.165, 1.54) is 18.2 Å². The topological polar surface area (TPSA) is 155 Å². The minimum Gasteiger partial charge on any atom is -0.494 e. The predicted molar refractivity (Wildman–Crippen MR) is 169 cm³/mol. The molecular weight excluding hydrogens is 674 g/mol. The highest BCUT2D eigenvalue weighted by Gasteiger charge is 2.38. The Hall–Kier alpha value is -4.03. The Balaban J connectivity index is 0.00000104. The fraction of sp³-hybridized carbons (Fsp3) is 0.300. The Morgan fingerprint density at radius 2 is 1.65 bits per heavy atom. The first kappa shape index (κ1) is 40.0. The Morgan fingerprint density at radius 1 is 1.00 bits per heavy atom.